The Labute approximate surface area is 128 Å². The summed E-state index contributed by atoms with van der Waals surface area (Å²) in [5, 5.41) is 13.4. The number of aliphatic hydroxyl groups excluding tert-OH is 1. The van der Waals surface area contributed by atoms with Crippen LogP contribution in [-0.2, 0) is 11.2 Å². The van der Waals surface area contributed by atoms with Gasteiger partial charge >= 0.3 is 0 Å². The lowest BCUT2D eigenvalue weighted by Gasteiger charge is -2.16. The highest BCUT2D eigenvalue weighted by Gasteiger charge is 2.16. The van der Waals surface area contributed by atoms with Crippen LogP contribution >= 0.6 is 11.6 Å². The van der Waals surface area contributed by atoms with Crippen LogP contribution in [0.1, 0.15) is 30.8 Å². The lowest BCUT2D eigenvalue weighted by molar-refractivity contribution is -0.121. The molecule has 2 N–H and O–H groups in total. The molecule has 1 heterocycles. The van der Waals surface area contributed by atoms with Gasteiger partial charge in [0.1, 0.15) is 11.9 Å². The van der Waals surface area contributed by atoms with Gasteiger partial charge in [0.2, 0.25) is 5.91 Å². The largest absolute Gasteiger partial charge is 0.467 e. The molecule has 0 bridgehead atoms. The number of amides is 1. The molecule has 1 aromatic heterocycles. The van der Waals surface area contributed by atoms with Crippen molar-refractivity contribution in [2.75, 3.05) is 0 Å². The number of hydrogen-bond donors (Lipinski definition) is 2. The second-order valence-corrected chi connectivity index (χ2v) is 5.48. The van der Waals surface area contributed by atoms with E-state index in [1.807, 2.05) is 19.1 Å². The van der Waals surface area contributed by atoms with E-state index in [0.717, 1.165) is 5.56 Å². The Kier molecular flexibility index (Phi) is 5.42. The number of rotatable bonds is 6. The van der Waals surface area contributed by atoms with Gasteiger partial charge in [-0.25, -0.2) is 0 Å². The number of carbonyl (C=O) groups is 1. The van der Waals surface area contributed by atoms with Gasteiger partial charge in [-0.05, 0) is 36.8 Å². The van der Waals surface area contributed by atoms with Crippen LogP contribution in [0.25, 0.3) is 0 Å². The maximum absolute atomic E-state index is 11.9. The van der Waals surface area contributed by atoms with Gasteiger partial charge in [0.15, 0.2) is 0 Å². The lowest BCUT2D eigenvalue weighted by Crippen LogP contribution is -2.34. The van der Waals surface area contributed by atoms with Crippen molar-refractivity contribution in [2.45, 2.75) is 31.9 Å². The molecule has 21 heavy (non-hydrogen) atoms. The second kappa shape index (κ2) is 7.29. The quantitative estimate of drug-likeness (QED) is 0.862. The van der Waals surface area contributed by atoms with Gasteiger partial charge < -0.3 is 14.8 Å². The molecule has 0 fully saturated rings. The topological polar surface area (TPSA) is 62.5 Å². The fourth-order valence-corrected chi connectivity index (χ4v) is 2.36. The third-order valence-corrected chi connectivity index (χ3v) is 3.34. The highest BCUT2D eigenvalue weighted by atomic mass is 35.5. The van der Waals surface area contributed by atoms with Crippen LogP contribution in [-0.4, -0.2) is 17.1 Å². The standard InChI is InChI=1S/C16H18ClNO3/c1-11(8-14(19)15-6-3-7-21-15)18-16(20)10-12-4-2-5-13(17)9-12/h2-7,9,11,14,19H,8,10H2,1H3,(H,18,20). The third kappa shape index (κ3) is 4.92. The molecule has 2 rings (SSSR count). The van der Waals surface area contributed by atoms with Crippen LogP contribution in [0, 0.1) is 0 Å². The smallest absolute Gasteiger partial charge is 0.224 e. The predicted molar refractivity (Wildman–Crippen MR) is 81.0 cm³/mol. The van der Waals surface area contributed by atoms with Crippen molar-refractivity contribution in [3.8, 4) is 0 Å². The SMILES string of the molecule is CC(CC(O)c1ccco1)NC(=O)Cc1cccc(Cl)c1. The first-order valence-electron chi connectivity index (χ1n) is 6.80. The zero-order chi connectivity index (χ0) is 15.2. The van der Waals surface area contributed by atoms with E-state index in [-0.39, 0.29) is 18.4 Å². The number of furan rings is 1. The Balaban J connectivity index is 1.82. The van der Waals surface area contributed by atoms with Crippen molar-refractivity contribution in [2.24, 2.45) is 0 Å². The molecule has 4 nitrogen and oxygen atoms in total. The van der Waals surface area contributed by atoms with Gasteiger partial charge in [-0.2, -0.15) is 0 Å². The monoisotopic (exact) mass is 307 g/mol. The summed E-state index contributed by atoms with van der Waals surface area (Å²) in [4.78, 5) is 11.9. The summed E-state index contributed by atoms with van der Waals surface area (Å²) in [6.45, 7) is 1.85. The molecule has 2 aromatic rings. The zero-order valence-corrected chi connectivity index (χ0v) is 12.5. The molecule has 0 saturated heterocycles. The Morgan fingerprint density at radius 2 is 2.19 bits per heavy atom. The number of hydrogen-bond acceptors (Lipinski definition) is 3. The van der Waals surface area contributed by atoms with Crippen LogP contribution < -0.4 is 5.32 Å². The minimum Gasteiger partial charge on any atom is -0.467 e. The number of carbonyl (C=O) groups excluding carboxylic acids is 1. The van der Waals surface area contributed by atoms with E-state index < -0.39 is 6.10 Å². The fourth-order valence-electron chi connectivity index (χ4n) is 2.15. The second-order valence-electron chi connectivity index (χ2n) is 5.04. The Bertz CT molecular complexity index is 583. The van der Waals surface area contributed by atoms with E-state index in [1.165, 1.54) is 6.26 Å². The predicted octanol–water partition coefficient (Wildman–Crippen LogP) is 3.10. The Morgan fingerprint density at radius 1 is 1.38 bits per heavy atom. The van der Waals surface area contributed by atoms with Crippen LogP contribution in [0.5, 0.6) is 0 Å². The van der Waals surface area contributed by atoms with E-state index in [2.05, 4.69) is 5.32 Å². The van der Waals surface area contributed by atoms with Crippen molar-refractivity contribution in [1.29, 1.82) is 0 Å². The molecular formula is C16H18ClNO3. The maximum atomic E-state index is 11.9. The van der Waals surface area contributed by atoms with Crippen molar-refractivity contribution in [3.05, 3.63) is 59.0 Å². The summed E-state index contributed by atoms with van der Waals surface area (Å²) >= 11 is 5.88. The first kappa shape index (κ1) is 15.6. The highest BCUT2D eigenvalue weighted by Crippen LogP contribution is 2.18. The van der Waals surface area contributed by atoms with Crippen molar-refractivity contribution < 1.29 is 14.3 Å². The van der Waals surface area contributed by atoms with Crippen LogP contribution in [0.15, 0.2) is 47.1 Å². The number of aliphatic hydroxyl groups is 1. The number of nitrogens with one attached hydrogen (secondary N) is 1. The summed E-state index contributed by atoms with van der Waals surface area (Å²) in [7, 11) is 0. The van der Waals surface area contributed by atoms with E-state index in [4.69, 9.17) is 16.0 Å². The number of benzene rings is 1. The average molecular weight is 308 g/mol. The molecule has 1 aromatic carbocycles. The maximum Gasteiger partial charge on any atom is 0.224 e. The van der Waals surface area contributed by atoms with Gasteiger partial charge in [-0.15, -0.1) is 0 Å². The summed E-state index contributed by atoms with van der Waals surface area (Å²) in [5.41, 5.74) is 0.860. The molecule has 112 valence electrons. The van der Waals surface area contributed by atoms with Crippen molar-refractivity contribution in [1.82, 2.24) is 5.32 Å². The molecular weight excluding hydrogens is 290 g/mol. The minimum absolute atomic E-state index is 0.101. The normalized spacial score (nSPS) is 13.7. The van der Waals surface area contributed by atoms with Crippen molar-refractivity contribution in [3.63, 3.8) is 0 Å². The Morgan fingerprint density at radius 3 is 2.86 bits per heavy atom. The first-order chi connectivity index (χ1) is 10.0. The summed E-state index contributed by atoms with van der Waals surface area (Å²) in [6.07, 6.45) is 1.46. The summed E-state index contributed by atoms with van der Waals surface area (Å²) in [5.74, 6) is 0.405. The van der Waals surface area contributed by atoms with Crippen LogP contribution in [0.4, 0.5) is 0 Å². The van der Waals surface area contributed by atoms with E-state index in [0.29, 0.717) is 17.2 Å². The zero-order valence-electron chi connectivity index (χ0n) is 11.8. The molecule has 0 spiro atoms. The fraction of sp³-hybridized carbons (Fsp3) is 0.312. The Hall–Kier alpha value is -1.78. The molecule has 0 aliphatic rings. The molecule has 0 radical (unpaired) electrons. The molecule has 0 aliphatic heterocycles. The molecule has 2 unspecified atom stereocenters. The average Bonchev–Trinajstić information content (AvgIpc) is 2.91. The van der Waals surface area contributed by atoms with Crippen LogP contribution in [0.3, 0.4) is 0 Å². The van der Waals surface area contributed by atoms with Gasteiger partial charge in [0, 0.05) is 17.5 Å². The van der Waals surface area contributed by atoms with Gasteiger partial charge in [-0.3, -0.25) is 4.79 Å². The van der Waals surface area contributed by atoms with Gasteiger partial charge in [0.05, 0.1) is 12.7 Å². The van der Waals surface area contributed by atoms with E-state index in [1.54, 1.807) is 24.3 Å². The number of halogens is 1. The van der Waals surface area contributed by atoms with Gasteiger partial charge in [0.25, 0.3) is 0 Å². The summed E-state index contributed by atoms with van der Waals surface area (Å²) in [6, 6.07) is 10.5. The molecule has 1 amide bonds. The van der Waals surface area contributed by atoms with E-state index >= 15 is 0 Å². The van der Waals surface area contributed by atoms with Gasteiger partial charge in [-0.1, -0.05) is 23.7 Å². The minimum atomic E-state index is -0.721. The highest BCUT2D eigenvalue weighted by molar-refractivity contribution is 6.30. The molecule has 0 saturated carbocycles. The molecule has 5 heteroatoms. The summed E-state index contributed by atoms with van der Waals surface area (Å²) < 4.78 is 5.13. The molecule has 2 atom stereocenters. The van der Waals surface area contributed by atoms with E-state index in [9.17, 15) is 9.90 Å². The third-order valence-electron chi connectivity index (χ3n) is 3.11. The van der Waals surface area contributed by atoms with Crippen molar-refractivity contribution >= 4 is 17.5 Å². The van der Waals surface area contributed by atoms with Crippen LogP contribution in [0.2, 0.25) is 5.02 Å². The lowest BCUT2D eigenvalue weighted by atomic mass is 10.1. The molecule has 0 aliphatic carbocycles. The first-order valence-corrected chi connectivity index (χ1v) is 7.17.